The van der Waals surface area contributed by atoms with Crippen molar-refractivity contribution in [2.24, 2.45) is 0 Å². The quantitative estimate of drug-likeness (QED) is 0.466. The van der Waals surface area contributed by atoms with Crippen molar-refractivity contribution in [2.75, 3.05) is 13.2 Å². The Balaban J connectivity index is 1.79. The number of halogens is 3. The minimum Gasteiger partial charge on any atom is -0.443 e. The van der Waals surface area contributed by atoms with Crippen molar-refractivity contribution in [3.8, 4) is 11.3 Å². The number of ether oxygens (including phenoxy) is 1. The summed E-state index contributed by atoms with van der Waals surface area (Å²) in [7, 11) is 0. The molecule has 0 saturated carbocycles. The van der Waals surface area contributed by atoms with Crippen molar-refractivity contribution in [1.82, 2.24) is 14.4 Å². The van der Waals surface area contributed by atoms with E-state index in [1.807, 2.05) is 0 Å². The molecule has 0 aliphatic carbocycles. The highest BCUT2D eigenvalue weighted by Gasteiger charge is 2.33. The van der Waals surface area contributed by atoms with Gasteiger partial charge in [-0.25, -0.2) is 9.97 Å². The lowest BCUT2D eigenvalue weighted by Crippen LogP contribution is -2.10. The van der Waals surface area contributed by atoms with Crippen LogP contribution in [0, 0.1) is 0 Å². The molecule has 3 aromatic rings. The number of fused-ring (bicyclic) bond motifs is 1. The maximum Gasteiger partial charge on any atom is 0.417 e. The van der Waals surface area contributed by atoms with E-state index >= 15 is 0 Å². The summed E-state index contributed by atoms with van der Waals surface area (Å²) in [5.41, 5.74) is 0.380. The number of hydrogen-bond acceptors (Lipinski definition) is 5. The summed E-state index contributed by atoms with van der Waals surface area (Å²) >= 11 is 0. The van der Waals surface area contributed by atoms with E-state index in [-0.39, 0.29) is 22.7 Å². The molecule has 0 spiro atoms. The fourth-order valence-electron chi connectivity index (χ4n) is 3.34. The van der Waals surface area contributed by atoms with Gasteiger partial charge in [0.05, 0.1) is 30.1 Å². The molecule has 0 aromatic carbocycles. The number of carbonyl (C=O) groups is 1. The predicted molar refractivity (Wildman–Crippen MR) is 97.4 cm³/mol. The van der Waals surface area contributed by atoms with Crippen molar-refractivity contribution >= 4 is 11.4 Å². The second kappa shape index (κ2) is 7.82. The molecule has 1 aliphatic rings. The zero-order chi connectivity index (χ0) is 20.4. The Bertz CT molecular complexity index is 1040. The number of carbonyl (C=O) groups excluding carboxylic acids is 1. The van der Waals surface area contributed by atoms with Gasteiger partial charge in [-0.05, 0) is 37.8 Å². The van der Waals surface area contributed by atoms with E-state index in [1.54, 1.807) is 0 Å². The van der Waals surface area contributed by atoms with Crippen LogP contribution in [0.1, 0.15) is 41.7 Å². The largest absolute Gasteiger partial charge is 0.443 e. The van der Waals surface area contributed by atoms with Gasteiger partial charge >= 0.3 is 6.18 Å². The van der Waals surface area contributed by atoms with Gasteiger partial charge in [-0.15, -0.1) is 0 Å². The van der Waals surface area contributed by atoms with E-state index < -0.39 is 17.5 Å². The number of alkyl halides is 3. The molecule has 0 atom stereocenters. The number of imidazole rings is 1. The Morgan fingerprint density at radius 1 is 1.17 bits per heavy atom. The van der Waals surface area contributed by atoms with Gasteiger partial charge in [0.1, 0.15) is 11.3 Å². The van der Waals surface area contributed by atoms with Gasteiger partial charge in [0.25, 0.3) is 0 Å². The Morgan fingerprint density at radius 3 is 2.79 bits per heavy atom. The molecule has 0 N–H and O–H groups in total. The summed E-state index contributed by atoms with van der Waals surface area (Å²) in [6.45, 7) is 1.24. The van der Waals surface area contributed by atoms with Crippen LogP contribution in [0.5, 0.6) is 0 Å². The van der Waals surface area contributed by atoms with E-state index in [4.69, 9.17) is 9.15 Å². The van der Waals surface area contributed by atoms with Crippen molar-refractivity contribution in [1.29, 1.82) is 0 Å². The number of aromatic nitrogens is 3. The summed E-state index contributed by atoms with van der Waals surface area (Å²) in [6, 6.07) is 0.946. The first-order chi connectivity index (χ1) is 13.9. The highest BCUT2D eigenvalue weighted by atomic mass is 19.4. The number of pyridine rings is 1. The first kappa shape index (κ1) is 19.4. The molecule has 0 radical (unpaired) electrons. The van der Waals surface area contributed by atoms with Crippen LogP contribution in [-0.4, -0.2) is 33.4 Å². The molecule has 1 fully saturated rings. The zero-order valence-electron chi connectivity index (χ0n) is 15.4. The molecule has 4 heterocycles. The Labute approximate surface area is 164 Å². The lowest BCUT2D eigenvalue weighted by Gasteiger charge is -2.13. The van der Waals surface area contributed by atoms with Gasteiger partial charge in [-0.3, -0.25) is 9.20 Å². The van der Waals surface area contributed by atoms with Crippen LogP contribution >= 0.6 is 0 Å². The molecule has 1 saturated heterocycles. The number of rotatable bonds is 3. The number of hydrogen-bond donors (Lipinski definition) is 0. The third kappa shape index (κ3) is 4.09. The molecule has 4 rings (SSSR count). The van der Waals surface area contributed by atoms with Gasteiger partial charge in [0.15, 0.2) is 12.2 Å². The summed E-state index contributed by atoms with van der Waals surface area (Å²) < 4.78 is 52.1. The van der Waals surface area contributed by atoms with Crippen molar-refractivity contribution in [3.63, 3.8) is 0 Å². The molecule has 9 heteroatoms. The fraction of sp³-hybridized carbons (Fsp3) is 0.350. The third-order valence-electron chi connectivity index (χ3n) is 4.82. The molecule has 0 amide bonds. The Kier molecular flexibility index (Phi) is 5.23. The monoisotopic (exact) mass is 405 g/mol. The molecule has 29 heavy (non-hydrogen) atoms. The van der Waals surface area contributed by atoms with E-state index in [0.29, 0.717) is 19.6 Å². The molecular formula is C20H18F3N3O3. The lowest BCUT2D eigenvalue weighted by atomic mass is 10.0. The van der Waals surface area contributed by atoms with Crippen LogP contribution in [-0.2, 0) is 10.9 Å². The van der Waals surface area contributed by atoms with Crippen LogP contribution in [0.15, 0.2) is 47.1 Å². The number of allylic oxidation sites excluding steroid dienone is 1. The Morgan fingerprint density at radius 2 is 2.03 bits per heavy atom. The highest BCUT2D eigenvalue weighted by Crippen LogP contribution is 2.34. The van der Waals surface area contributed by atoms with E-state index in [0.717, 1.165) is 43.5 Å². The first-order valence-electron chi connectivity index (χ1n) is 9.22. The summed E-state index contributed by atoms with van der Waals surface area (Å²) in [5.74, 6) is -0.253. The van der Waals surface area contributed by atoms with Crippen molar-refractivity contribution in [3.05, 3.63) is 54.0 Å². The molecule has 0 unspecified atom stereocenters. The van der Waals surface area contributed by atoms with Crippen molar-refractivity contribution in [2.45, 2.75) is 31.9 Å². The summed E-state index contributed by atoms with van der Waals surface area (Å²) in [4.78, 5) is 20.8. The van der Waals surface area contributed by atoms with Gasteiger partial charge in [-0.2, -0.15) is 13.2 Å². The molecule has 152 valence electrons. The van der Waals surface area contributed by atoms with E-state index in [9.17, 15) is 18.0 Å². The minimum atomic E-state index is -4.59. The van der Waals surface area contributed by atoms with Gasteiger partial charge in [0.2, 0.25) is 5.78 Å². The third-order valence-corrected chi connectivity index (χ3v) is 4.82. The molecule has 3 aromatic heterocycles. The maximum atomic E-state index is 13.4. The zero-order valence-corrected chi connectivity index (χ0v) is 15.4. The van der Waals surface area contributed by atoms with E-state index in [2.05, 4.69) is 9.97 Å². The van der Waals surface area contributed by atoms with Crippen LogP contribution in [0.4, 0.5) is 13.2 Å². The lowest BCUT2D eigenvalue weighted by molar-refractivity contribution is -0.137. The van der Waals surface area contributed by atoms with Crippen molar-refractivity contribution < 1.29 is 27.1 Å². The smallest absolute Gasteiger partial charge is 0.417 e. The summed E-state index contributed by atoms with van der Waals surface area (Å²) in [5, 5.41) is 0. The molecule has 0 bridgehead atoms. The highest BCUT2D eigenvalue weighted by molar-refractivity contribution is 6.04. The predicted octanol–water partition coefficient (Wildman–Crippen LogP) is 4.71. The number of ketones is 1. The van der Waals surface area contributed by atoms with Gasteiger partial charge in [0, 0.05) is 12.8 Å². The normalized spacial score (nSPS) is 17.4. The van der Waals surface area contributed by atoms with Gasteiger partial charge < -0.3 is 9.15 Å². The summed E-state index contributed by atoms with van der Waals surface area (Å²) in [6.07, 6.45) is 4.71. The SMILES string of the molecule is O=C(/C=C1/CCCCOCC1)c1cnc2c(-c3cnco3)cc(C(F)(F)F)cn12. The standard InChI is InChI=1S/C20H18F3N3O3/c21-20(22,23)14-8-15(18-10-24-12-29-18)19-25-9-16(26(19)11-14)17(27)7-13-3-1-2-5-28-6-4-13/h7-12H,1-6H2/b13-7-. The van der Waals surface area contributed by atoms with Crippen LogP contribution in [0.25, 0.3) is 17.0 Å². The maximum absolute atomic E-state index is 13.4. The van der Waals surface area contributed by atoms with Crippen LogP contribution < -0.4 is 0 Å². The molecule has 1 aliphatic heterocycles. The minimum absolute atomic E-state index is 0.0577. The Hall–Kier alpha value is -2.94. The van der Waals surface area contributed by atoms with Crippen LogP contribution in [0.2, 0.25) is 0 Å². The first-order valence-corrected chi connectivity index (χ1v) is 9.22. The fourth-order valence-corrected chi connectivity index (χ4v) is 3.34. The topological polar surface area (TPSA) is 69.6 Å². The number of nitrogens with zero attached hydrogens (tertiary/aromatic N) is 3. The second-order valence-electron chi connectivity index (χ2n) is 6.83. The average Bonchev–Trinajstić information content (AvgIpc) is 3.31. The molecule has 6 nitrogen and oxygen atoms in total. The second-order valence-corrected chi connectivity index (χ2v) is 6.83. The molecular weight excluding hydrogens is 387 g/mol. The van der Waals surface area contributed by atoms with E-state index in [1.165, 1.54) is 22.9 Å². The average molecular weight is 405 g/mol. The van der Waals surface area contributed by atoms with Gasteiger partial charge in [-0.1, -0.05) is 5.57 Å². The number of oxazole rings is 1. The van der Waals surface area contributed by atoms with Crippen LogP contribution in [0.3, 0.4) is 0 Å².